The number of amides is 2. The molecule has 2 aliphatic heterocycles. The fourth-order valence-electron chi connectivity index (χ4n) is 5.77. The van der Waals surface area contributed by atoms with Crippen molar-refractivity contribution in [3.05, 3.63) is 46.5 Å². The first-order valence-electron chi connectivity index (χ1n) is 11.6. The summed E-state index contributed by atoms with van der Waals surface area (Å²) >= 11 is 0. The number of likely N-dealkylation sites (tertiary alicyclic amines) is 1. The average Bonchev–Trinajstić information content (AvgIpc) is 2.97. The van der Waals surface area contributed by atoms with Gasteiger partial charge in [-0.05, 0) is 56.5 Å². The van der Waals surface area contributed by atoms with Gasteiger partial charge in [-0.3, -0.25) is 14.5 Å². The van der Waals surface area contributed by atoms with Crippen molar-refractivity contribution >= 4 is 25.0 Å². The van der Waals surface area contributed by atoms with Gasteiger partial charge in [0.1, 0.15) is 5.75 Å². The SMILES string of the molecule is CCCC1=C2[C@@H](CC/C(C)=C/c3ccccc3O)OB(O)C[C@@H]2[C@@H]2C(=O)N(C)C(=O)[C@@H]2C1. The lowest BCUT2D eigenvalue weighted by Gasteiger charge is -2.43. The van der Waals surface area contributed by atoms with E-state index in [0.717, 1.165) is 36.0 Å². The average molecular weight is 437 g/mol. The van der Waals surface area contributed by atoms with E-state index in [9.17, 15) is 19.7 Å². The van der Waals surface area contributed by atoms with Crippen LogP contribution in [-0.4, -0.2) is 47.1 Å². The van der Waals surface area contributed by atoms with Gasteiger partial charge in [-0.25, -0.2) is 0 Å². The van der Waals surface area contributed by atoms with Crippen LogP contribution in [0.15, 0.2) is 41.0 Å². The van der Waals surface area contributed by atoms with Crippen molar-refractivity contribution in [2.75, 3.05) is 7.05 Å². The zero-order valence-corrected chi connectivity index (χ0v) is 19.1. The van der Waals surface area contributed by atoms with E-state index < -0.39 is 7.12 Å². The van der Waals surface area contributed by atoms with Gasteiger partial charge in [-0.1, -0.05) is 48.8 Å². The van der Waals surface area contributed by atoms with Crippen molar-refractivity contribution in [2.24, 2.45) is 17.8 Å². The molecule has 3 aliphatic rings. The van der Waals surface area contributed by atoms with Crippen LogP contribution in [0.25, 0.3) is 6.08 Å². The molecule has 0 radical (unpaired) electrons. The second kappa shape index (κ2) is 9.24. The van der Waals surface area contributed by atoms with Crippen LogP contribution in [-0.2, 0) is 14.2 Å². The number of imide groups is 1. The first-order chi connectivity index (χ1) is 15.3. The minimum absolute atomic E-state index is 0.0911. The molecule has 32 heavy (non-hydrogen) atoms. The molecule has 4 atom stereocenters. The molecule has 2 heterocycles. The van der Waals surface area contributed by atoms with Crippen LogP contribution in [0.2, 0.25) is 6.32 Å². The maximum Gasteiger partial charge on any atom is 0.455 e. The number of aromatic hydroxyl groups is 1. The highest BCUT2D eigenvalue weighted by Crippen LogP contribution is 2.51. The summed E-state index contributed by atoms with van der Waals surface area (Å²) in [6.45, 7) is 4.14. The summed E-state index contributed by atoms with van der Waals surface area (Å²) in [5, 5.41) is 20.5. The molecule has 7 heteroatoms. The minimum atomic E-state index is -0.938. The standard InChI is InChI=1S/C25H32BNO5/c1-4-7-17-13-18-23(25(30)27(3)24(18)29)19-14-26(31)32-21(22(17)19)11-10-15(2)12-16-8-5-6-9-20(16)28/h5-6,8-9,12,18-19,21,23,28,31H,4,7,10-11,13-14H2,1-3H3/b15-12+/t18-,19+,21-,23-/m1/s1. The molecule has 2 N–H and O–H groups in total. The third kappa shape index (κ3) is 4.16. The topological polar surface area (TPSA) is 87.1 Å². The van der Waals surface area contributed by atoms with Crippen molar-refractivity contribution in [3.63, 3.8) is 0 Å². The van der Waals surface area contributed by atoms with Gasteiger partial charge in [-0.15, -0.1) is 0 Å². The largest absolute Gasteiger partial charge is 0.507 e. The first-order valence-corrected chi connectivity index (χ1v) is 11.6. The van der Waals surface area contributed by atoms with Gasteiger partial charge in [0.2, 0.25) is 11.8 Å². The Morgan fingerprint density at radius 2 is 2.00 bits per heavy atom. The fraction of sp³-hybridized carbons (Fsp3) is 0.520. The lowest BCUT2D eigenvalue weighted by atomic mass is 9.58. The van der Waals surface area contributed by atoms with Crippen LogP contribution in [0, 0.1) is 17.8 Å². The van der Waals surface area contributed by atoms with Crippen LogP contribution in [0.3, 0.4) is 0 Å². The zero-order valence-electron chi connectivity index (χ0n) is 19.1. The summed E-state index contributed by atoms with van der Waals surface area (Å²) in [5.74, 6) is -0.810. The van der Waals surface area contributed by atoms with Crippen LogP contribution >= 0.6 is 0 Å². The quantitative estimate of drug-likeness (QED) is 0.402. The summed E-state index contributed by atoms with van der Waals surface area (Å²) in [5.41, 5.74) is 4.25. The molecule has 0 unspecified atom stereocenters. The van der Waals surface area contributed by atoms with Crippen LogP contribution in [0.1, 0.15) is 51.5 Å². The summed E-state index contributed by atoms with van der Waals surface area (Å²) in [6.07, 6.45) is 5.93. The second-order valence-corrected chi connectivity index (χ2v) is 9.39. The number of rotatable bonds is 6. The molecule has 0 spiro atoms. The summed E-state index contributed by atoms with van der Waals surface area (Å²) < 4.78 is 6.01. The fourth-order valence-corrected chi connectivity index (χ4v) is 5.77. The number of benzene rings is 1. The van der Waals surface area contributed by atoms with Gasteiger partial charge >= 0.3 is 7.12 Å². The van der Waals surface area contributed by atoms with Gasteiger partial charge in [0.25, 0.3) is 0 Å². The number of phenolic OH excluding ortho intramolecular Hbond substituents is 1. The Morgan fingerprint density at radius 3 is 2.72 bits per heavy atom. The molecule has 0 saturated carbocycles. The number of hydrogen-bond donors (Lipinski definition) is 2. The normalized spacial score (nSPS) is 28.3. The first kappa shape index (κ1) is 22.8. The van der Waals surface area contributed by atoms with Gasteiger partial charge in [-0.2, -0.15) is 0 Å². The minimum Gasteiger partial charge on any atom is -0.507 e. The molecule has 6 nitrogen and oxygen atoms in total. The van der Waals surface area contributed by atoms with Gasteiger partial charge in [0, 0.05) is 12.6 Å². The predicted octanol–water partition coefficient (Wildman–Crippen LogP) is 3.80. The number of allylic oxidation sites excluding steroid dienone is 2. The Bertz CT molecular complexity index is 971. The third-order valence-corrected chi connectivity index (χ3v) is 7.22. The molecular weight excluding hydrogens is 405 g/mol. The Morgan fingerprint density at radius 1 is 1.25 bits per heavy atom. The molecule has 0 aromatic heterocycles. The summed E-state index contributed by atoms with van der Waals surface area (Å²) in [6, 6.07) is 7.23. The molecule has 1 aliphatic carbocycles. The van der Waals surface area contributed by atoms with E-state index in [1.165, 1.54) is 10.5 Å². The summed E-state index contributed by atoms with van der Waals surface area (Å²) in [4.78, 5) is 26.9. The molecule has 170 valence electrons. The Hall–Kier alpha value is -2.38. The number of para-hydroxylation sites is 1. The lowest BCUT2D eigenvalue weighted by molar-refractivity contribution is -0.138. The number of carbonyl (C=O) groups excluding carboxylic acids is 2. The number of fused-ring (bicyclic) bond motifs is 3. The maximum atomic E-state index is 12.9. The smallest absolute Gasteiger partial charge is 0.455 e. The van der Waals surface area contributed by atoms with Gasteiger partial charge < -0.3 is 14.8 Å². The van der Waals surface area contributed by atoms with E-state index in [4.69, 9.17) is 4.65 Å². The van der Waals surface area contributed by atoms with E-state index in [-0.39, 0.29) is 41.4 Å². The molecule has 4 rings (SSSR count). The molecule has 1 aromatic rings. The van der Waals surface area contributed by atoms with E-state index in [1.807, 2.05) is 25.1 Å². The van der Waals surface area contributed by atoms with Gasteiger partial charge in [0.05, 0.1) is 17.9 Å². The molecule has 2 saturated heterocycles. The molecule has 0 bridgehead atoms. The summed E-state index contributed by atoms with van der Waals surface area (Å²) in [7, 11) is 0.634. The lowest BCUT2D eigenvalue weighted by Crippen LogP contribution is -2.46. The molecular formula is C25H32BNO5. The van der Waals surface area contributed by atoms with Crippen molar-refractivity contribution in [1.82, 2.24) is 4.90 Å². The van der Waals surface area contributed by atoms with Crippen molar-refractivity contribution < 1.29 is 24.4 Å². The Labute approximate surface area is 190 Å². The number of nitrogens with zero attached hydrogens (tertiary/aromatic N) is 1. The van der Waals surface area contributed by atoms with Crippen LogP contribution in [0.5, 0.6) is 5.75 Å². The molecule has 2 amide bonds. The predicted molar refractivity (Wildman–Crippen MR) is 123 cm³/mol. The number of hydrogen-bond acceptors (Lipinski definition) is 5. The number of phenols is 1. The second-order valence-electron chi connectivity index (χ2n) is 9.39. The van der Waals surface area contributed by atoms with Crippen molar-refractivity contribution in [3.8, 4) is 5.75 Å². The molecule has 1 aromatic carbocycles. The third-order valence-electron chi connectivity index (χ3n) is 7.22. The highest BCUT2D eigenvalue weighted by atomic mass is 16.5. The number of carbonyl (C=O) groups is 2. The Kier molecular flexibility index (Phi) is 6.58. The van der Waals surface area contributed by atoms with Crippen molar-refractivity contribution in [1.29, 1.82) is 0 Å². The Balaban J connectivity index is 1.60. The van der Waals surface area contributed by atoms with Gasteiger partial charge in [0.15, 0.2) is 0 Å². The zero-order chi connectivity index (χ0) is 23.0. The van der Waals surface area contributed by atoms with Crippen LogP contribution in [0.4, 0.5) is 0 Å². The van der Waals surface area contributed by atoms with E-state index >= 15 is 0 Å². The highest BCUT2D eigenvalue weighted by Gasteiger charge is 2.56. The highest BCUT2D eigenvalue weighted by molar-refractivity contribution is 6.43. The van der Waals surface area contributed by atoms with Crippen molar-refractivity contribution in [2.45, 2.75) is 58.4 Å². The molecule has 2 fully saturated rings. The maximum absolute atomic E-state index is 12.9. The van der Waals surface area contributed by atoms with E-state index in [2.05, 4.69) is 6.92 Å². The van der Waals surface area contributed by atoms with Crippen LogP contribution < -0.4 is 0 Å². The van der Waals surface area contributed by atoms with E-state index in [1.54, 1.807) is 19.2 Å². The van der Waals surface area contributed by atoms with E-state index in [0.29, 0.717) is 19.2 Å². The monoisotopic (exact) mass is 437 g/mol.